The maximum absolute atomic E-state index is 11.9. The highest BCUT2D eigenvalue weighted by atomic mass is 35.5. The largest absolute Gasteiger partial charge is 0.294 e. The lowest BCUT2D eigenvalue weighted by Gasteiger charge is -2.11. The fourth-order valence-electron chi connectivity index (χ4n) is 1.63. The van der Waals surface area contributed by atoms with Gasteiger partial charge in [-0.15, -0.1) is 0 Å². The standard InChI is InChI=1S/C13H16Cl2O/c1-3-9(4-2)7-13(16)10-5-6-11(14)12(15)8-10/h5-6,8-9H,3-4,7H2,1-2H3. The third-order valence-electron chi connectivity index (χ3n) is 2.87. The highest BCUT2D eigenvalue weighted by Crippen LogP contribution is 2.24. The Bertz CT molecular complexity index is 370. The zero-order valence-corrected chi connectivity index (χ0v) is 11.1. The smallest absolute Gasteiger partial charge is 0.163 e. The van der Waals surface area contributed by atoms with E-state index in [9.17, 15) is 4.79 Å². The molecule has 1 aromatic carbocycles. The van der Waals surface area contributed by atoms with E-state index in [0.717, 1.165) is 12.8 Å². The van der Waals surface area contributed by atoms with E-state index in [1.54, 1.807) is 18.2 Å². The summed E-state index contributed by atoms with van der Waals surface area (Å²) in [6.07, 6.45) is 2.65. The molecule has 0 saturated heterocycles. The molecular weight excluding hydrogens is 243 g/mol. The molecule has 88 valence electrons. The number of rotatable bonds is 5. The van der Waals surface area contributed by atoms with E-state index in [1.807, 2.05) is 0 Å². The summed E-state index contributed by atoms with van der Waals surface area (Å²) in [6, 6.07) is 5.05. The highest BCUT2D eigenvalue weighted by Gasteiger charge is 2.13. The van der Waals surface area contributed by atoms with Crippen molar-refractivity contribution in [2.24, 2.45) is 5.92 Å². The second kappa shape index (κ2) is 6.27. The molecule has 3 heteroatoms. The number of carbonyl (C=O) groups is 1. The average molecular weight is 259 g/mol. The molecule has 0 spiro atoms. The molecule has 0 radical (unpaired) electrons. The van der Waals surface area contributed by atoms with Crippen molar-refractivity contribution in [1.29, 1.82) is 0 Å². The van der Waals surface area contributed by atoms with Gasteiger partial charge in [-0.05, 0) is 24.1 Å². The third-order valence-corrected chi connectivity index (χ3v) is 3.61. The van der Waals surface area contributed by atoms with E-state index in [2.05, 4.69) is 13.8 Å². The first kappa shape index (κ1) is 13.5. The summed E-state index contributed by atoms with van der Waals surface area (Å²) in [5, 5.41) is 0.929. The van der Waals surface area contributed by atoms with Crippen LogP contribution in [0.4, 0.5) is 0 Å². The lowest BCUT2D eigenvalue weighted by atomic mass is 9.94. The molecule has 0 aliphatic rings. The van der Waals surface area contributed by atoms with Gasteiger partial charge in [-0.2, -0.15) is 0 Å². The fraction of sp³-hybridized carbons (Fsp3) is 0.462. The van der Waals surface area contributed by atoms with Gasteiger partial charge in [0.15, 0.2) is 5.78 Å². The van der Waals surface area contributed by atoms with E-state index in [-0.39, 0.29) is 5.78 Å². The summed E-state index contributed by atoms with van der Waals surface area (Å²) in [5.74, 6) is 0.606. The van der Waals surface area contributed by atoms with Crippen LogP contribution in [-0.2, 0) is 0 Å². The number of carbonyl (C=O) groups excluding carboxylic acids is 1. The molecular formula is C13H16Cl2O. The van der Waals surface area contributed by atoms with Crippen molar-refractivity contribution in [1.82, 2.24) is 0 Å². The molecule has 0 aliphatic carbocycles. The first-order chi connectivity index (χ1) is 7.58. The lowest BCUT2D eigenvalue weighted by molar-refractivity contribution is 0.0958. The quantitative estimate of drug-likeness (QED) is 0.680. The molecule has 0 aliphatic heterocycles. The zero-order valence-electron chi connectivity index (χ0n) is 9.59. The van der Waals surface area contributed by atoms with Crippen LogP contribution in [0, 0.1) is 5.92 Å². The van der Waals surface area contributed by atoms with Crippen LogP contribution in [0.15, 0.2) is 18.2 Å². The van der Waals surface area contributed by atoms with E-state index < -0.39 is 0 Å². The van der Waals surface area contributed by atoms with Gasteiger partial charge >= 0.3 is 0 Å². The maximum Gasteiger partial charge on any atom is 0.163 e. The van der Waals surface area contributed by atoms with E-state index in [4.69, 9.17) is 23.2 Å². The Kier molecular flexibility index (Phi) is 5.30. The highest BCUT2D eigenvalue weighted by molar-refractivity contribution is 6.42. The molecule has 0 unspecified atom stereocenters. The minimum absolute atomic E-state index is 0.146. The summed E-state index contributed by atoms with van der Waals surface area (Å²) in [4.78, 5) is 11.9. The maximum atomic E-state index is 11.9. The zero-order chi connectivity index (χ0) is 12.1. The second-order valence-electron chi connectivity index (χ2n) is 3.94. The molecule has 0 saturated carbocycles. The van der Waals surface area contributed by atoms with Gasteiger partial charge in [-0.25, -0.2) is 0 Å². The normalized spacial score (nSPS) is 10.8. The molecule has 0 bridgehead atoms. The van der Waals surface area contributed by atoms with Crippen molar-refractivity contribution in [3.63, 3.8) is 0 Å². The van der Waals surface area contributed by atoms with Gasteiger partial charge in [0.2, 0.25) is 0 Å². The van der Waals surface area contributed by atoms with Gasteiger partial charge in [0.25, 0.3) is 0 Å². The van der Waals surface area contributed by atoms with Gasteiger partial charge in [-0.3, -0.25) is 4.79 Å². The van der Waals surface area contributed by atoms with Crippen LogP contribution in [0.1, 0.15) is 43.5 Å². The first-order valence-corrected chi connectivity index (χ1v) is 6.32. The minimum Gasteiger partial charge on any atom is -0.294 e. The molecule has 0 aromatic heterocycles. The molecule has 0 fully saturated rings. The van der Waals surface area contributed by atoms with Crippen molar-refractivity contribution in [2.45, 2.75) is 33.1 Å². The lowest BCUT2D eigenvalue weighted by Crippen LogP contribution is -2.07. The average Bonchev–Trinajstić information content (AvgIpc) is 2.29. The Morgan fingerprint density at radius 1 is 1.19 bits per heavy atom. The second-order valence-corrected chi connectivity index (χ2v) is 4.75. The van der Waals surface area contributed by atoms with Crippen molar-refractivity contribution >= 4 is 29.0 Å². The van der Waals surface area contributed by atoms with Gasteiger partial charge in [0.1, 0.15) is 0 Å². The number of halogens is 2. The van der Waals surface area contributed by atoms with Crippen molar-refractivity contribution < 1.29 is 4.79 Å². The van der Waals surface area contributed by atoms with Crippen LogP contribution in [0.25, 0.3) is 0 Å². The molecule has 0 heterocycles. The molecule has 0 atom stereocenters. The fourth-order valence-corrected chi connectivity index (χ4v) is 1.93. The SMILES string of the molecule is CCC(CC)CC(=O)c1ccc(Cl)c(Cl)c1. The van der Waals surface area contributed by atoms with Gasteiger partial charge in [0, 0.05) is 12.0 Å². The molecule has 1 rings (SSSR count). The number of Topliss-reactive ketones (excluding diaryl/α,β-unsaturated/α-hetero) is 1. The van der Waals surface area contributed by atoms with E-state index in [1.165, 1.54) is 0 Å². The predicted molar refractivity (Wildman–Crippen MR) is 69.5 cm³/mol. The monoisotopic (exact) mass is 258 g/mol. The van der Waals surface area contributed by atoms with Crippen molar-refractivity contribution in [3.8, 4) is 0 Å². The summed E-state index contributed by atoms with van der Waals surface area (Å²) in [6.45, 7) is 4.21. The van der Waals surface area contributed by atoms with Crippen LogP contribution in [0.5, 0.6) is 0 Å². The topological polar surface area (TPSA) is 17.1 Å². The Labute approximate surface area is 107 Å². The molecule has 1 aromatic rings. The molecule has 0 N–H and O–H groups in total. The van der Waals surface area contributed by atoms with Crippen LogP contribution >= 0.6 is 23.2 Å². The number of ketones is 1. The van der Waals surface area contributed by atoms with Gasteiger partial charge in [0.05, 0.1) is 10.0 Å². The van der Waals surface area contributed by atoms with E-state index >= 15 is 0 Å². The van der Waals surface area contributed by atoms with Gasteiger partial charge < -0.3 is 0 Å². The van der Waals surface area contributed by atoms with Crippen molar-refractivity contribution in [3.05, 3.63) is 33.8 Å². The van der Waals surface area contributed by atoms with Crippen LogP contribution in [0.2, 0.25) is 10.0 Å². The Hall–Kier alpha value is -0.530. The van der Waals surface area contributed by atoms with Crippen molar-refractivity contribution in [2.75, 3.05) is 0 Å². The van der Waals surface area contributed by atoms with Crippen LogP contribution in [0.3, 0.4) is 0 Å². The van der Waals surface area contributed by atoms with Crippen LogP contribution in [-0.4, -0.2) is 5.78 Å². The number of hydrogen-bond donors (Lipinski definition) is 0. The molecule has 16 heavy (non-hydrogen) atoms. The van der Waals surface area contributed by atoms with E-state index in [0.29, 0.717) is 27.9 Å². The summed E-state index contributed by atoms with van der Waals surface area (Å²) >= 11 is 11.7. The third kappa shape index (κ3) is 3.50. The summed E-state index contributed by atoms with van der Waals surface area (Å²) in [7, 11) is 0. The predicted octanol–water partition coefficient (Wildman–Crippen LogP) is 5.00. The summed E-state index contributed by atoms with van der Waals surface area (Å²) in [5.41, 5.74) is 0.654. The number of benzene rings is 1. The minimum atomic E-state index is 0.146. The summed E-state index contributed by atoms with van der Waals surface area (Å²) < 4.78 is 0. The molecule has 1 nitrogen and oxygen atoms in total. The Balaban J connectivity index is 2.76. The first-order valence-electron chi connectivity index (χ1n) is 5.56. The van der Waals surface area contributed by atoms with Crippen LogP contribution < -0.4 is 0 Å². The Morgan fingerprint density at radius 2 is 1.81 bits per heavy atom. The van der Waals surface area contributed by atoms with Gasteiger partial charge in [-0.1, -0.05) is 49.9 Å². The number of hydrogen-bond acceptors (Lipinski definition) is 1. The Morgan fingerprint density at radius 3 is 2.31 bits per heavy atom. The molecule has 0 amide bonds.